The first-order valence-electron chi connectivity index (χ1n) is 7.20. The molecule has 0 radical (unpaired) electrons. The van der Waals surface area contributed by atoms with E-state index in [2.05, 4.69) is 0 Å². The summed E-state index contributed by atoms with van der Waals surface area (Å²) in [5, 5.41) is 11.5. The monoisotopic (exact) mass is 378 g/mol. The number of ether oxygens (including phenoxy) is 1. The molecule has 5 heteroatoms. The zero-order valence-corrected chi connectivity index (χ0v) is 14.7. The summed E-state index contributed by atoms with van der Waals surface area (Å²) >= 11 is 18.1. The predicted octanol–water partition coefficient (Wildman–Crippen LogP) is 6.52. The maximum absolute atomic E-state index is 10.4. The molecule has 2 nitrogen and oxygen atoms in total. The fraction of sp³-hybridized carbons (Fsp3) is 0.0526. The molecule has 0 heterocycles. The van der Waals surface area contributed by atoms with E-state index >= 15 is 0 Å². The molecule has 3 rings (SSSR count). The Balaban J connectivity index is 1.81. The van der Waals surface area contributed by atoms with Gasteiger partial charge in [0.05, 0.1) is 10.0 Å². The fourth-order valence-corrected chi connectivity index (χ4v) is 3.18. The van der Waals surface area contributed by atoms with Crippen LogP contribution in [0.3, 0.4) is 0 Å². The molecule has 0 amide bonds. The first-order chi connectivity index (χ1) is 11.5. The number of hydrogen-bond donors (Lipinski definition) is 1. The Kier molecular flexibility index (Phi) is 5.32. The summed E-state index contributed by atoms with van der Waals surface area (Å²) in [6.07, 6.45) is -0.692. The molecular weight excluding hydrogens is 367 g/mol. The normalized spacial score (nSPS) is 12.0. The average Bonchev–Trinajstić information content (AvgIpc) is 2.59. The maximum Gasteiger partial charge on any atom is 0.164 e. The van der Waals surface area contributed by atoms with Crippen LogP contribution in [0.4, 0.5) is 0 Å². The van der Waals surface area contributed by atoms with Gasteiger partial charge in [-0.1, -0.05) is 77.3 Å². The van der Waals surface area contributed by atoms with Gasteiger partial charge in [-0.25, -0.2) is 0 Å². The first kappa shape index (κ1) is 17.1. The van der Waals surface area contributed by atoms with E-state index in [1.54, 1.807) is 36.4 Å². The molecule has 0 aliphatic heterocycles. The Morgan fingerprint density at radius 3 is 1.88 bits per heavy atom. The van der Waals surface area contributed by atoms with E-state index in [4.69, 9.17) is 39.5 Å². The second-order valence-electron chi connectivity index (χ2n) is 5.18. The number of aliphatic hydroxyl groups excluding tert-OH is 1. The summed E-state index contributed by atoms with van der Waals surface area (Å²) in [5.41, 5.74) is 1.59. The molecule has 0 saturated carbocycles. The summed E-state index contributed by atoms with van der Waals surface area (Å²) < 4.78 is 5.73. The second-order valence-corrected chi connectivity index (χ2v) is 6.43. The molecule has 0 fully saturated rings. The fourth-order valence-electron chi connectivity index (χ4n) is 2.29. The lowest BCUT2D eigenvalue weighted by Gasteiger charge is -2.13. The van der Waals surface area contributed by atoms with E-state index in [1.807, 2.05) is 30.3 Å². The smallest absolute Gasteiger partial charge is 0.164 e. The van der Waals surface area contributed by atoms with E-state index in [0.29, 0.717) is 26.6 Å². The lowest BCUT2D eigenvalue weighted by Crippen LogP contribution is -1.99. The Morgan fingerprint density at radius 2 is 1.29 bits per heavy atom. The molecule has 0 aliphatic carbocycles. The Hall–Kier alpha value is -1.71. The van der Waals surface area contributed by atoms with Gasteiger partial charge < -0.3 is 9.84 Å². The molecule has 0 saturated heterocycles. The third-order valence-electron chi connectivity index (χ3n) is 3.49. The van der Waals surface area contributed by atoms with E-state index in [9.17, 15) is 5.11 Å². The van der Waals surface area contributed by atoms with Crippen molar-refractivity contribution in [2.75, 3.05) is 0 Å². The van der Waals surface area contributed by atoms with Gasteiger partial charge in [-0.05, 0) is 35.4 Å². The van der Waals surface area contributed by atoms with Crippen LogP contribution in [0.25, 0.3) is 0 Å². The lowest BCUT2D eigenvalue weighted by atomic mass is 10.0. The topological polar surface area (TPSA) is 29.5 Å². The summed E-state index contributed by atoms with van der Waals surface area (Å²) in [6.45, 7) is 0. The van der Waals surface area contributed by atoms with Crippen molar-refractivity contribution < 1.29 is 9.84 Å². The molecule has 24 heavy (non-hydrogen) atoms. The van der Waals surface area contributed by atoms with Gasteiger partial charge in [0.25, 0.3) is 0 Å². The van der Waals surface area contributed by atoms with Gasteiger partial charge in [0, 0.05) is 5.02 Å². The highest BCUT2D eigenvalue weighted by atomic mass is 35.5. The molecule has 0 aromatic heterocycles. The van der Waals surface area contributed by atoms with Crippen molar-refractivity contribution in [1.29, 1.82) is 0 Å². The van der Waals surface area contributed by atoms with Crippen molar-refractivity contribution in [3.05, 3.63) is 92.9 Å². The zero-order chi connectivity index (χ0) is 17.1. The van der Waals surface area contributed by atoms with Crippen LogP contribution < -0.4 is 4.74 Å². The van der Waals surface area contributed by atoms with Crippen molar-refractivity contribution >= 4 is 34.8 Å². The molecule has 0 bridgehead atoms. The van der Waals surface area contributed by atoms with Crippen molar-refractivity contribution in [1.82, 2.24) is 0 Å². The van der Waals surface area contributed by atoms with Gasteiger partial charge in [-0.2, -0.15) is 0 Å². The highest BCUT2D eigenvalue weighted by Gasteiger charge is 2.12. The minimum Gasteiger partial charge on any atom is -0.454 e. The van der Waals surface area contributed by atoms with Gasteiger partial charge in [-0.3, -0.25) is 0 Å². The lowest BCUT2D eigenvalue weighted by molar-refractivity contribution is 0.220. The minimum absolute atomic E-state index is 0.334. The van der Waals surface area contributed by atoms with Crippen molar-refractivity contribution in [2.45, 2.75) is 6.10 Å². The zero-order valence-electron chi connectivity index (χ0n) is 12.4. The van der Waals surface area contributed by atoms with Gasteiger partial charge >= 0.3 is 0 Å². The van der Waals surface area contributed by atoms with Crippen LogP contribution in [0.15, 0.2) is 66.7 Å². The summed E-state index contributed by atoms with van der Waals surface area (Å²) in [7, 11) is 0. The largest absolute Gasteiger partial charge is 0.454 e. The highest BCUT2D eigenvalue weighted by molar-refractivity contribution is 6.40. The van der Waals surface area contributed by atoms with Gasteiger partial charge in [0.1, 0.15) is 11.9 Å². The number of halogens is 3. The molecule has 122 valence electrons. The van der Waals surface area contributed by atoms with Gasteiger partial charge in [0.15, 0.2) is 5.75 Å². The number of rotatable bonds is 4. The van der Waals surface area contributed by atoms with Crippen LogP contribution in [0.5, 0.6) is 11.5 Å². The SMILES string of the molecule is OC(c1ccccc1)c1ccc(Oc2c(Cl)cc(Cl)cc2Cl)cc1. The van der Waals surface area contributed by atoms with Crippen LogP contribution in [0, 0.1) is 0 Å². The summed E-state index contributed by atoms with van der Waals surface area (Å²) in [6, 6.07) is 19.7. The van der Waals surface area contributed by atoms with E-state index in [0.717, 1.165) is 11.1 Å². The summed E-state index contributed by atoms with van der Waals surface area (Å²) in [4.78, 5) is 0. The Morgan fingerprint density at radius 1 is 0.750 bits per heavy atom. The molecule has 1 unspecified atom stereocenters. The standard InChI is InChI=1S/C19H13Cl3O2/c20-14-10-16(21)19(17(22)11-14)24-15-8-6-13(7-9-15)18(23)12-4-2-1-3-5-12/h1-11,18,23H. The van der Waals surface area contributed by atoms with Gasteiger partial charge in [-0.15, -0.1) is 0 Å². The first-order valence-corrected chi connectivity index (χ1v) is 8.33. The average molecular weight is 380 g/mol. The molecule has 3 aromatic carbocycles. The third kappa shape index (κ3) is 3.85. The van der Waals surface area contributed by atoms with Gasteiger partial charge in [0.2, 0.25) is 0 Å². The van der Waals surface area contributed by atoms with Crippen LogP contribution >= 0.6 is 34.8 Å². The molecular formula is C19H13Cl3O2. The van der Waals surface area contributed by atoms with E-state index in [-0.39, 0.29) is 0 Å². The van der Waals surface area contributed by atoms with Crippen LogP contribution in [-0.2, 0) is 0 Å². The minimum atomic E-state index is -0.692. The van der Waals surface area contributed by atoms with E-state index < -0.39 is 6.10 Å². The quantitative estimate of drug-likeness (QED) is 0.559. The van der Waals surface area contributed by atoms with Crippen LogP contribution in [0.2, 0.25) is 15.1 Å². The second kappa shape index (κ2) is 7.45. The summed E-state index contributed by atoms with van der Waals surface area (Å²) in [5.74, 6) is 0.907. The van der Waals surface area contributed by atoms with E-state index in [1.165, 1.54) is 0 Å². The molecule has 0 spiro atoms. The molecule has 0 aliphatic rings. The third-order valence-corrected chi connectivity index (χ3v) is 4.27. The molecule has 3 aromatic rings. The van der Waals surface area contributed by atoms with Crippen molar-refractivity contribution in [3.8, 4) is 11.5 Å². The number of aliphatic hydroxyl groups is 1. The van der Waals surface area contributed by atoms with Crippen LogP contribution in [-0.4, -0.2) is 5.11 Å². The number of benzene rings is 3. The van der Waals surface area contributed by atoms with Crippen molar-refractivity contribution in [2.24, 2.45) is 0 Å². The van der Waals surface area contributed by atoms with Crippen molar-refractivity contribution in [3.63, 3.8) is 0 Å². The molecule has 1 N–H and O–H groups in total. The molecule has 1 atom stereocenters. The van der Waals surface area contributed by atoms with Crippen LogP contribution in [0.1, 0.15) is 17.2 Å². The Bertz CT molecular complexity index is 810. The predicted molar refractivity (Wildman–Crippen MR) is 98.5 cm³/mol. The maximum atomic E-state index is 10.4. The Labute approximate surface area is 155 Å². The highest BCUT2D eigenvalue weighted by Crippen LogP contribution is 2.38. The number of hydrogen-bond acceptors (Lipinski definition) is 2.